The first-order valence-electron chi connectivity index (χ1n) is 9.17. The van der Waals surface area contributed by atoms with Crippen LogP contribution in [0, 0.1) is 0 Å². The standard InChI is InChI=1S/C19H21N3O5/c23-16-5-6-17(24)22(16)12-18(25)20-7-9-21(10-8-20)19(26)15-11-13-3-1-2-4-14(13)27-15/h1-4,15H,5-12H2. The number of rotatable bonds is 3. The lowest BCUT2D eigenvalue weighted by Crippen LogP contribution is -2.55. The third-order valence-corrected chi connectivity index (χ3v) is 5.31. The highest BCUT2D eigenvalue weighted by molar-refractivity contribution is 6.04. The van der Waals surface area contributed by atoms with E-state index in [-0.39, 0.29) is 43.0 Å². The van der Waals surface area contributed by atoms with Crippen LogP contribution in [0.4, 0.5) is 0 Å². The van der Waals surface area contributed by atoms with E-state index in [1.165, 1.54) is 0 Å². The number of nitrogens with zero attached hydrogens (tertiary/aromatic N) is 3. The van der Waals surface area contributed by atoms with Crippen LogP contribution in [-0.4, -0.2) is 77.2 Å². The van der Waals surface area contributed by atoms with Gasteiger partial charge >= 0.3 is 0 Å². The normalized spacial score (nSPS) is 22.1. The number of para-hydroxylation sites is 1. The molecule has 2 saturated heterocycles. The number of hydrogen-bond acceptors (Lipinski definition) is 5. The molecule has 1 aromatic carbocycles. The van der Waals surface area contributed by atoms with Gasteiger partial charge in [0.1, 0.15) is 12.3 Å². The Kier molecular flexibility index (Phi) is 4.55. The van der Waals surface area contributed by atoms with Crippen LogP contribution >= 0.6 is 0 Å². The summed E-state index contributed by atoms with van der Waals surface area (Å²) in [5.41, 5.74) is 1.03. The summed E-state index contributed by atoms with van der Waals surface area (Å²) in [5.74, 6) is -0.150. The van der Waals surface area contributed by atoms with Crippen LogP contribution in [-0.2, 0) is 25.6 Å². The molecule has 0 N–H and O–H groups in total. The second-order valence-corrected chi connectivity index (χ2v) is 7.00. The molecule has 3 aliphatic heterocycles. The Labute approximate surface area is 156 Å². The number of imide groups is 1. The third-order valence-electron chi connectivity index (χ3n) is 5.31. The van der Waals surface area contributed by atoms with Crippen molar-refractivity contribution >= 4 is 23.6 Å². The van der Waals surface area contributed by atoms with Crippen molar-refractivity contribution in [3.63, 3.8) is 0 Å². The molecule has 0 bridgehead atoms. The molecule has 142 valence electrons. The van der Waals surface area contributed by atoms with Crippen LogP contribution in [0.5, 0.6) is 5.75 Å². The quantitative estimate of drug-likeness (QED) is 0.688. The molecule has 1 unspecified atom stereocenters. The van der Waals surface area contributed by atoms with Crippen molar-refractivity contribution in [1.29, 1.82) is 0 Å². The zero-order chi connectivity index (χ0) is 19.0. The van der Waals surface area contributed by atoms with Crippen LogP contribution in [0.2, 0.25) is 0 Å². The number of fused-ring (bicyclic) bond motifs is 1. The predicted molar refractivity (Wildman–Crippen MR) is 93.7 cm³/mol. The van der Waals surface area contributed by atoms with Crippen LogP contribution in [0.1, 0.15) is 18.4 Å². The van der Waals surface area contributed by atoms with Crippen molar-refractivity contribution < 1.29 is 23.9 Å². The molecule has 1 aromatic rings. The van der Waals surface area contributed by atoms with E-state index in [9.17, 15) is 19.2 Å². The highest BCUT2D eigenvalue weighted by atomic mass is 16.5. The summed E-state index contributed by atoms with van der Waals surface area (Å²) >= 11 is 0. The van der Waals surface area contributed by atoms with Gasteiger partial charge in [0.15, 0.2) is 6.10 Å². The van der Waals surface area contributed by atoms with E-state index < -0.39 is 6.10 Å². The lowest BCUT2D eigenvalue weighted by atomic mass is 10.1. The fourth-order valence-corrected chi connectivity index (χ4v) is 3.73. The van der Waals surface area contributed by atoms with Crippen molar-refractivity contribution in [2.24, 2.45) is 0 Å². The number of carbonyl (C=O) groups excluding carboxylic acids is 4. The van der Waals surface area contributed by atoms with Gasteiger partial charge in [-0.15, -0.1) is 0 Å². The molecule has 0 saturated carbocycles. The SMILES string of the molecule is O=C(CN1C(=O)CCC1=O)N1CCN(C(=O)C2Cc3ccccc3O2)CC1. The summed E-state index contributed by atoms with van der Waals surface area (Å²) in [6.45, 7) is 1.42. The van der Waals surface area contributed by atoms with E-state index in [0.29, 0.717) is 32.6 Å². The van der Waals surface area contributed by atoms with Crippen LogP contribution in [0.25, 0.3) is 0 Å². The average Bonchev–Trinajstić information content (AvgIpc) is 3.26. The fourth-order valence-electron chi connectivity index (χ4n) is 3.73. The monoisotopic (exact) mass is 371 g/mol. The molecule has 0 aromatic heterocycles. The van der Waals surface area contributed by atoms with Crippen molar-refractivity contribution in [2.75, 3.05) is 32.7 Å². The summed E-state index contributed by atoms with van der Waals surface area (Å²) in [6, 6.07) is 7.63. The molecule has 8 nitrogen and oxygen atoms in total. The molecule has 3 heterocycles. The van der Waals surface area contributed by atoms with Gasteiger partial charge in [-0.2, -0.15) is 0 Å². The molecule has 4 rings (SSSR count). The second kappa shape index (κ2) is 7.02. The first-order valence-corrected chi connectivity index (χ1v) is 9.17. The molecule has 2 fully saturated rings. The topological polar surface area (TPSA) is 87.2 Å². The van der Waals surface area contributed by atoms with Gasteiger partial charge < -0.3 is 14.5 Å². The van der Waals surface area contributed by atoms with E-state index in [1.54, 1.807) is 9.80 Å². The third kappa shape index (κ3) is 3.39. The Morgan fingerprint density at radius 1 is 0.963 bits per heavy atom. The van der Waals surface area contributed by atoms with Gasteiger partial charge in [-0.3, -0.25) is 24.1 Å². The minimum absolute atomic E-state index is 0.0665. The number of ether oxygens (including phenoxy) is 1. The molecule has 8 heteroatoms. The summed E-state index contributed by atoms with van der Waals surface area (Å²) in [5, 5.41) is 0. The Morgan fingerprint density at radius 3 is 2.26 bits per heavy atom. The highest BCUT2D eigenvalue weighted by Crippen LogP contribution is 2.29. The zero-order valence-electron chi connectivity index (χ0n) is 14.9. The number of likely N-dealkylation sites (tertiary alicyclic amines) is 1. The van der Waals surface area contributed by atoms with Crippen LogP contribution in [0.15, 0.2) is 24.3 Å². The van der Waals surface area contributed by atoms with Crippen molar-refractivity contribution in [3.05, 3.63) is 29.8 Å². The predicted octanol–water partition coefficient (Wildman–Crippen LogP) is -0.190. The van der Waals surface area contributed by atoms with E-state index in [1.807, 2.05) is 24.3 Å². The number of hydrogen-bond donors (Lipinski definition) is 0. The minimum atomic E-state index is -0.510. The van der Waals surface area contributed by atoms with E-state index >= 15 is 0 Å². The highest BCUT2D eigenvalue weighted by Gasteiger charge is 2.36. The van der Waals surface area contributed by atoms with Gasteiger partial charge in [0, 0.05) is 45.4 Å². The molecular weight excluding hydrogens is 350 g/mol. The Bertz CT molecular complexity index is 759. The molecule has 3 aliphatic rings. The lowest BCUT2D eigenvalue weighted by Gasteiger charge is -2.36. The number of amides is 4. The fraction of sp³-hybridized carbons (Fsp3) is 0.474. The Morgan fingerprint density at radius 2 is 1.59 bits per heavy atom. The Balaban J connectivity index is 1.29. The molecule has 0 aliphatic carbocycles. The minimum Gasteiger partial charge on any atom is -0.480 e. The van der Waals surface area contributed by atoms with Crippen molar-refractivity contribution in [3.8, 4) is 5.75 Å². The van der Waals surface area contributed by atoms with Crippen molar-refractivity contribution in [1.82, 2.24) is 14.7 Å². The van der Waals surface area contributed by atoms with E-state index in [2.05, 4.69) is 0 Å². The first-order chi connectivity index (χ1) is 13.0. The Hall–Kier alpha value is -2.90. The number of carbonyl (C=O) groups is 4. The first kappa shape index (κ1) is 17.5. The largest absolute Gasteiger partial charge is 0.480 e. The zero-order valence-corrected chi connectivity index (χ0v) is 14.9. The maximum absolute atomic E-state index is 12.7. The number of benzene rings is 1. The molecule has 0 spiro atoms. The van der Waals surface area contributed by atoms with Gasteiger partial charge in [0.25, 0.3) is 5.91 Å². The van der Waals surface area contributed by atoms with Gasteiger partial charge in [-0.25, -0.2) is 0 Å². The van der Waals surface area contributed by atoms with Crippen LogP contribution < -0.4 is 4.74 Å². The smallest absolute Gasteiger partial charge is 0.264 e. The van der Waals surface area contributed by atoms with Gasteiger partial charge in [-0.05, 0) is 11.6 Å². The van der Waals surface area contributed by atoms with Gasteiger partial charge in [0.2, 0.25) is 17.7 Å². The summed E-state index contributed by atoms with van der Waals surface area (Å²) < 4.78 is 5.76. The number of piperazine rings is 1. The maximum Gasteiger partial charge on any atom is 0.264 e. The summed E-state index contributed by atoms with van der Waals surface area (Å²) in [6.07, 6.45) is 0.411. The van der Waals surface area contributed by atoms with Crippen LogP contribution in [0.3, 0.4) is 0 Å². The van der Waals surface area contributed by atoms with Gasteiger partial charge in [-0.1, -0.05) is 18.2 Å². The summed E-state index contributed by atoms with van der Waals surface area (Å²) in [7, 11) is 0. The molecule has 1 atom stereocenters. The maximum atomic E-state index is 12.7. The lowest BCUT2D eigenvalue weighted by molar-refractivity contribution is -0.148. The molecule has 4 amide bonds. The average molecular weight is 371 g/mol. The van der Waals surface area contributed by atoms with Gasteiger partial charge in [0.05, 0.1) is 0 Å². The van der Waals surface area contributed by atoms with E-state index in [4.69, 9.17) is 4.74 Å². The summed E-state index contributed by atoms with van der Waals surface area (Å²) in [4.78, 5) is 52.7. The van der Waals surface area contributed by atoms with E-state index in [0.717, 1.165) is 16.2 Å². The second-order valence-electron chi connectivity index (χ2n) is 7.00. The van der Waals surface area contributed by atoms with Crippen molar-refractivity contribution in [2.45, 2.75) is 25.4 Å². The molecule has 27 heavy (non-hydrogen) atoms. The molecular formula is C19H21N3O5. The molecule has 0 radical (unpaired) electrons.